The van der Waals surface area contributed by atoms with Crippen molar-refractivity contribution in [3.63, 3.8) is 0 Å². The number of nitrogens with zero attached hydrogens (tertiary/aromatic N) is 1. The molecule has 1 N–H and O–H groups in total. The molecule has 98 valence electrons. The van der Waals surface area contributed by atoms with E-state index in [4.69, 9.17) is 0 Å². The number of nitrogens with one attached hydrogen (secondary N) is 1. The van der Waals surface area contributed by atoms with E-state index in [1.54, 1.807) is 0 Å². The Morgan fingerprint density at radius 2 is 1.71 bits per heavy atom. The normalized spacial score (nSPS) is 35.8. The van der Waals surface area contributed by atoms with Gasteiger partial charge in [0.15, 0.2) is 0 Å². The van der Waals surface area contributed by atoms with Gasteiger partial charge in [0.25, 0.3) is 0 Å². The zero-order valence-electron chi connectivity index (χ0n) is 11.2. The minimum absolute atomic E-state index is 0.337. The molecule has 1 heterocycles. The Morgan fingerprint density at radius 3 is 2.29 bits per heavy atom. The second kappa shape index (κ2) is 5.96. The van der Waals surface area contributed by atoms with Crippen LogP contribution in [0.4, 0.5) is 0 Å². The SMILES string of the molecule is CC1CC(C)CC(C(=O)CN2CCNCC2)C1. The van der Waals surface area contributed by atoms with Crippen LogP contribution in [0.25, 0.3) is 0 Å². The van der Waals surface area contributed by atoms with E-state index in [-0.39, 0.29) is 0 Å². The van der Waals surface area contributed by atoms with E-state index in [0.717, 1.165) is 50.9 Å². The van der Waals surface area contributed by atoms with E-state index >= 15 is 0 Å². The third kappa shape index (κ3) is 3.78. The summed E-state index contributed by atoms with van der Waals surface area (Å²) in [6.07, 6.45) is 3.54. The second-order valence-corrected chi connectivity index (χ2v) is 6.11. The molecule has 1 aliphatic carbocycles. The molecular formula is C14H26N2O. The van der Waals surface area contributed by atoms with E-state index in [2.05, 4.69) is 24.1 Å². The number of carbonyl (C=O) groups excluding carboxylic acids is 1. The van der Waals surface area contributed by atoms with Crippen molar-refractivity contribution >= 4 is 5.78 Å². The first-order chi connectivity index (χ1) is 8.15. The van der Waals surface area contributed by atoms with E-state index in [9.17, 15) is 4.79 Å². The van der Waals surface area contributed by atoms with Gasteiger partial charge in [-0.25, -0.2) is 0 Å². The van der Waals surface area contributed by atoms with Crippen LogP contribution >= 0.6 is 0 Å². The Bertz CT molecular complexity index is 251. The molecule has 3 heteroatoms. The molecule has 0 radical (unpaired) electrons. The molecular weight excluding hydrogens is 212 g/mol. The minimum Gasteiger partial charge on any atom is -0.314 e. The predicted octanol–water partition coefficient (Wildman–Crippen LogP) is 1.53. The summed E-state index contributed by atoms with van der Waals surface area (Å²) in [6.45, 7) is 9.40. The van der Waals surface area contributed by atoms with Gasteiger partial charge in [0.05, 0.1) is 6.54 Å². The lowest BCUT2D eigenvalue weighted by Gasteiger charge is -2.33. The van der Waals surface area contributed by atoms with Gasteiger partial charge in [0.1, 0.15) is 5.78 Å². The van der Waals surface area contributed by atoms with Gasteiger partial charge in [0, 0.05) is 32.1 Å². The summed E-state index contributed by atoms with van der Waals surface area (Å²) >= 11 is 0. The zero-order chi connectivity index (χ0) is 12.3. The fourth-order valence-corrected chi connectivity index (χ4v) is 3.43. The van der Waals surface area contributed by atoms with Crippen LogP contribution in [0.2, 0.25) is 0 Å². The maximum Gasteiger partial charge on any atom is 0.149 e. The summed E-state index contributed by atoms with van der Waals surface area (Å²) in [5, 5.41) is 3.33. The number of piperazine rings is 1. The summed E-state index contributed by atoms with van der Waals surface area (Å²) in [5.74, 6) is 2.29. The molecule has 2 fully saturated rings. The molecule has 17 heavy (non-hydrogen) atoms. The van der Waals surface area contributed by atoms with Gasteiger partial charge in [-0.1, -0.05) is 13.8 Å². The molecule has 0 bridgehead atoms. The van der Waals surface area contributed by atoms with Crippen molar-refractivity contribution < 1.29 is 4.79 Å². The second-order valence-electron chi connectivity index (χ2n) is 6.11. The van der Waals surface area contributed by atoms with Crippen LogP contribution in [0, 0.1) is 17.8 Å². The van der Waals surface area contributed by atoms with Gasteiger partial charge in [-0.3, -0.25) is 9.69 Å². The van der Waals surface area contributed by atoms with Gasteiger partial charge < -0.3 is 5.32 Å². The highest BCUT2D eigenvalue weighted by atomic mass is 16.1. The maximum absolute atomic E-state index is 12.3. The van der Waals surface area contributed by atoms with Crippen LogP contribution in [0.15, 0.2) is 0 Å². The Kier molecular flexibility index (Phi) is 4.57. The summed E-state index contributed by atoms with van der Waals surface area (Å²) in [5.41, 5.74) is 0. The smallest absolute Gasteiger partial charge is 0.149 e. The number of carbonyl (C=O) groups is 1. The molecule has 2 aliphatic rings. The van der Waals surface area contributed by atoms with Crippen molar-refractivity contribution in [3.8, 4) is 0 Å². The first-order valence-electron chi connectivity index (χ1n) is 7.11. The Morgan fingerprint density at radius 1 is 1.12 bits per heavy atom. The average Bonchev–Trinajstić information content (AvgIpc) is 2.29. The van der Waals surface area contributed by atoms with Crippen molar-refractivity contribution in [2.45, 2.75) is 33.1 Å². The van der Waals surface area contributed by atoms with E-state index in [1.165, 1.54) is 6.42 Å². The molecule has 2 atom stereocenters. The lowest BCUT2D eigenvalue weighted by molar-refractivity contribution is -0.126. The monoisotopic (exact) mass is 238 g/mol. The summed E-state index contributed by atoms with van der Waals surface area (Å²) < 4.78 is 0. The van der Waals surface area contributed by atoms with Gasteiger partial charge in [-0.2, -0.15) is 0 Å². The van der Waals surface area contributed by atoms with Crippen LogP contribution in [-0.2, 0) is 4.79 Å². The fraction of sp³-hybridized carbons (Fsp3) is 0.929. The number of Topliss-reactive ketones (excluding diaryl/α,β-unsaturated/α-hetero) is 1. The highest BCUT2D eigenvalue weighted by Gasteiger charge is 2.29. The molecule has 0 spiro atoms. The number of hydrogen-bond donors (Lipinski definition) is 1. The van der Waals surface area contributed by atoms with Crippen LogP contribution in [0.5, 0.6) is 0 Å². The van der Waals surface area contributed by atoms with Crippen LogP contribution in [0.1, 0.15) is 33.1 Å². The van der Waals surface area contributed by atoms with Gasteiger partial charge in [-0.05, 0) is 31.1 Å². The number of hydrogen-bond acceptors (Lipinski definition) is 3. The van der Waals surface area contributed by atoms with E-state index in [0.29, 0.717) is 18.2 Å². The fourth-order valence-electron chi connectivity index (χ4n) is 3.43. The molecule has 1 aliphatic heterocycles. The van der Waals surface area contributed by atoms with Crippen molar-refractivity contribution in [3.05, 3.63) is 0 Å². The van der Waals surface area contributed by atoms with E-state index in [1.807, 2.05) is 0 Å². The highest BCUT2D eigenvalue weighted by molar-refractivity contribution is 5.83. The number of rotatable bonds is 3. The standard InChI is InChI=1S/C14H26N2O/c1-11-7-12(2)9-13(8-11)14(17)10-16-5-3-15-4-6-16/h11-13,15H,3-10H2,1-2H3. The largest absolute Gasteiger partial charge is 0.314 e. The molecule has 1 saturated carbocycles. The topological polar surface area (TPSA) is 32.3 Å². The quantitative estimate of drug-likeness (QED) is 0.809. The molecule has 0 amide bonds. The van der Waals surface area contributed by atoms with Crippen LogP contribution < -0.4 is 5.32 Å². The van der Waals surface area contributed by atoms with Crippen molar-refractivity contribution in [2.75, 3.05) is 32.7 Å². The lowest BCUT2D eigenvalue weighted by atomic mass is 9.75. The third-order valence-electron chi connectivity index (χ3n) is 4.22. The first-order valence-corrected chi connectivity index (χ1v) is 7.11. The molecule has 3 nitrogen and oxygen atoms in total. The van der Waals surface area contributed by atoms with Gasteiger partial charge >= 0.3 is 0 Å². The highest BCUT2D eigenvalue weighted by Crippen LogP contribution is 2.33. The maximum atomic E-state index is 12.3. The molecule has 1 saturated heterocycles. The first kappa shape index (κ1) is 13.0. The van der Waals surface area contributed by atoms with E-state index < -0.39 is 0 Å². The average molecular weight is 238 g/mol. The van der Waals surface area contributed by atoms with Crippen molar-refractivity contribution in [2.24, 2.45) is 17.8 Å². The predicted molar refractivity (Wildman–Crippen MR) is 70.0 cm³/mol. The minimum atomic E-state index is 0.337. The van der Waals surface area contributed by atoms with Gasteiger partial charge in [0.2, 0.25) is 0 Å². The molecule has 2 rings (SSSR count). The summed E-state index contributed by atoms with van der Waals surface area (Å²) in [7, 11) is 0. The Balaban J connectivity index is 1.81. The Hall–Kier alpha value is -0.410. The molecule has 2 unspecified atom stereocenters. The zero-order valence-corrected chi connectivity index (χ0v) is 11.2. The summed E-state index contributed by atoms with van der Waals surface area (Å²) in [6, 6.07) is 0. The van der Waals surface area contributed by atoms with Crippen molar-refractivity contribution in [1.82, 2.24) is 10.2 Å². The molecule has 0 aromatic carbocycles. The summed E-state index contributed by atoms with van der Waals surface area (Å²) in [4.78, 5) is 14.6. The molecule has 0 aromatic heterocycles. The molecule has 0 aromatic rings. The van der Waals surface area contributed by atoms with Crippen LogP contribution in [-0.4, -0.2) is 43.4 Å². The lowest BCUT2D eigenvalue weighted by Crippen LogP contribution is -2.46. The third-order valence-corrected chi connectivity index (χ3v) is 4.22. The van der Waals surface area contributed by atoms with Crippen molar-refractivity contribution in [1.29, 1.82) is 0 Å². The number of ketones is 1. The van der Waals surface area contributed by atoms with Gasteiger partial charge in [-0.15, -0.1) is 0 Å². The Labute approximate surface area is 105 Å². The van der Waals surface area contributed by atoms with Crippen LogP contribution in [0.3, 0.4) is 0 Å².